The fourth-order valence-electron chi connectivity index (χ4n) is 1.08. The maximum Gasteiger partial charge on any atom is 0.422 e. The Morgan fingerprint density at radius 1 is 1.53 bits per heavy atom. The molecule has 0 bridgehead atoms. The summed E-state index contributed by atoms with van der Waals surface area (Å²) >= 11 is 0. The summed E-state index contributed by atoms with van der Waals surface area (Å²) in [6, 6.07) is 0. The number of hydrogen-bond donors (Lipinski definition) is 0. The number of halogens is 3. The number of hydrogen-bond acceptors (Lipinski definition) is 4. The maximum absolute atomic E-state index is 12.0. The van der Waals surface area contributed by atoms with Crippen LogP contribution in [0.1, 0.15) is 0 Å². The molecule has 0 saturated carbocycles. The summed E-state index contributed by atoms with van der Waals surface area (Å²) < 4.78 is 44.9. The Balaban J connectivity index is 2.29. The van der Waals surface area contributed by atoms with E-state index in [2.05, 4.69) is 16.1 Å². The van der Waals surface area contributed by atoms with Crippen molar-refractivity contribution in [3.8, 4) is 0 Å². The molecule has 0 aromatic rings. The highest BCUT2D eigenvalue weighted by molar-refractivity contribution is 5.89. The van der Waals surface area contributed by atoms with Crippen molar-refractivity contribution in [1.29, 1.82) is 0 Å². The second-order valence-corrected chi connectivity index (χ2v) is 3.21. The number of rotatable bonds is 4. The Hall–Kier alpha value is -1.73. The summed E-state index contributed by atoms with van der Waals surface area (Å²) in [4.78, 5) is 23.0. The Kier molecular flexibility index (Phi) is 3.97. The molecule has 0 radical (unpaired) electrons. The number of carbonyl (C=O) groups is 2. The molecule has 17 heavy (non-hydrogen) atoms. The van der Waals surface area contributed by atoms with E-state index >= 15 is 0 Å². The van der Waals surface area contributed by atoms with E-state index in [0.717, 1.165) is 0 Å². The van der Waals surface area contributed by atoms with Crippen LogP contribution in [0, 0.1) is 0 Å². The third-order valence-electron chi connectivity index (χ3n) is 2.03. The van der Waals surface area contributed by atoms with Crippen molar-refractivity contribution >= 4 is 12.1 Å². The minimum atomic E-state index is -4.80. The molecule has 1 aliphatic rings. The van der Waals surface area contributed by atoms with Gasteiger partial charge in [0.25, 0.3) is 0 Å². The van der Waals surface area contributed by atoms with Crippen LogP contribution >= 0.6 is 0 Å². The van der Waals surface area contributed by atoms with Crippen molar-refractivity contribution in [1.82, 2.24) is 4.90 Å². The summed E-state index contributed by atoms with van der Waals surface area (Å²) in [7, 11) is 0. The van der Waals surface area contributed by atoms with Gasteiger partial charge < -0.3 is 14.4 Å². The zero-order valence-electron chi connectivity index (χ0n) is 8.75. The average molecular weight is 253 g/mol. The molecular formula is C9H10F3NO4. The van der Waals surface area contributed by atoms with Gasteiger partial charge in [0.1, 0.15) is 18.8 Å². The molecule has 0 aromatic carbocycles. The third-order valence-corrected chi connectivity index (χ3v) is 2.03. The van der Waals surface area contributed by atoms with Crippen molar-refractivity contribution in [3.05, 3.63) is 12.2 Å². The molecule has 0 aliphatic carbocycles. The summed E-state index contributed by atoms with van der Waals surface area (Å²) in [5, 5.41) is 0. The van der Waals surface area contributed by atoms with Gasteiger partial charge in [-0.25, -0.2) is 9.59 Å². The minimum Gasteiger partial charge on any atom is -0.460 e. The summed E-state index contributed by atoms with van der Waals surface area (Å²) in [5.41, 5.74) is -1.57. The fourth-order valence-corrected chi connectivity index (χ4v) is 1.08. The molecule has 96 valence electrons. The fraction of sp³-hybridized carbons (Fsp3) is 0.556. The lowest BCUT2D eigenvalue weighted by atomic mass is 10.3. The zero-order valence-corrected chi connectivity index (χ0v) is 8.75. The van der Waals surface area contributed by atoms with Crippen LogP contribution in [-0.4, -0.2) is 49.4 Å². The number of amides is 1. The lowest BCUT2D eigenvalue weighted by molar-refractivity contribution is -0.150. The van der Waals surface area contributed by atoms with Crippen molar-refractivity contribution in [2.45, 2.75) is 6.18 Å². The van der Waals surface area contributed by atoms with E-state index in [1.807, 2.05) is 0 Å². The highest BCUT2D eigenvalue weighted by Gasteiger charge is 2.38. The number of nitrogens with zero attached hydrogens (tertiary/aromatic N) is 1. The molecule has 1 amide bonds. The number of ether oxygens (including phenoxy) is 2. The first-order valence-corrected chi connectivity index (χ1v) is 4.67. The van der Waals surface area contributed by atoms with Crippen LogP contribution < -0.4 is 0 Å². The molecule has 0 aromatic heterocycles. The van der Waals surface area contributed by atoms with Crippen molar-refractivity contribution in [2.24, 2.45) is 0 Å². The average Bonchev–Trinajstić information content (AvgIpc) is 2.62. The monoisotopic (exact) mass is 253 g/mol. The standard InChI is InChI=1S/C9H10F3NO4/c1-6(9(10,11)12)7(14)16-4-2-13-3-5-17-8(13)15/h1-5H2. The van der Waals surface area contributed by atoms with E-state index in [4.69, 9.17) is 0 Å². The Bertz CT molecular complexity index is 340. The molecule has 0 atom stereocenters. The largest absolute Gasteiger partial charge is 0.460 e. The first-order valence-electron chi connectivity index (χ1n) is 4.67. The van der Waals surface area contributed by atoms with Gasteiger partial charge in [-0.2, -0.15) is 13.2 Å². The molecule has 1 fully saturated rings. The van der Waals surface area contributed by atoms with Gasteiger partial charge in [0, 0.05) is 0 Å². The van der Waals surface area contributed by atoms with Crippen LogP contribution in [-0.2, 0) is 14.3 Å². The normalized spacial score (nSPS) is 15.7. The third kappa shape index (κ3) is 3.65. The van der Waals surface area contributed by atoms with Crippen LogP contribution in [0.4, 0.5) is 18.0 Å². The highest BCUT2D eigenvalue weighted by Crippen LogP contribution is 2.24. The van der Waals surface area contributed by atoms with E-state index in [-0.39, 0.29) is 19.8 Å². The molecular weight excluding hydrogens is 243 g/mol. The summed E-state index contributed by atoms with van der Waals surface area (Å²) in [6.07, 6.45) is -5.38. The van der Waals surface area contributed by atoms with Gasteiger partial charge in [-0.05, 0) is 0 Å². The van der Waals surface area contributed by atoms with Gasteiger partial charge in [-0.15, -0.1) is 0 Å². The van der Waals surface area contributed by atoms with Gasteiger partial charge >= 0.3 is 18.2 Å². The molecule has 1 saturated heterocycles. The molecule has 1 rings (SSSR count). The lowest BCUT2D eigenvalue weighted by Crippen LogP contribution is -2.30. The molecule has 8 heteroatoms. The molecule has 1 heterocycles. The first kappa shape index (κ1) is 13.3. The van der Waals surface area contributed by atoms with E-state index in [9.17, 15) is 22.8 Å². The number of carbonyl (C=O) groups excluding carboxylic acids is 2. The predicted molar refractivity (Wildman–Crippen MR) is 49.1 cm³/mol. The van der Waals surface area contributed by atoms with E-state index < -0.39 is 23.8 Å². The van der Waals surface area contributed by atoms with Gasteiger partial charge in [0.05, 0.1) is 13.1 Å². The topological polar surface area (TPSA) is 55.8 Å². The summed E-state index contributed by atoms with van der Waals surface area (Å²) in [5.74, 6) is -1.54. The van der Waals surface area contributed by atoms with Crippen molar-refractivity contribution in [2.75, 3.05) is 26.3 Å². The van der Waals surface area contributed by atoms with Gasteiger partial charge in [0.15, 0.2) is 0 Å². The predicted octanol–water partition coefficient (Wildman–Crippen LogP) is 1.10. The van der Waals surface area contributed by atoms with E-state index in [1.165, 1.54) is 4.90 Å². The van der Waals surface area contributed by atoms with E-state index in [0.29, 0.717) is 6.54 Å². The smallest absolute Gasteiger partial charge is 0.422 e. The second-order valence-electron chi connectivity index (χ2n) is 3.21. The first-order chi connectivity index (χ1) is 7.82. The van der Waals surface area contributed by atoms with Crippen molar-refractivity contribution < 1.29 is 32.2 Å². The molecule has 0 unspecified atom stereocenters. The SMILES string of the molecule is C=C(C(=O)OCCN1CCOC1=O)C(F)(F)F. The number of esters is 1. The van der Waals surface area contributed by atoms with Crippen LogP contribution in [0.2, 0.25) is 0 Å². The minimum absolute atomic E-state index is 0.00426. The maximum atomic E-state index is 12.0. The Morgan fingerprint density at radius 3 is 2.65 bits per heavy atom. The quantitative estimate of drug-likeness (QED) is 0.556. The van der Waals surface area contributed by atoms with Crippen LogP contribution in [0.15, 0.2) is 12.2 Å². The van der Waals surface area contributed by atoms with E-state index in [1.54, 1.807) is 0 Å². The molecule has 5 nitrogen and oxygen atoms in total. The second kappa shape index (κ2) is 5.07. The molecule has 0 N–H and O–H groups in total. The van der Waals surface area contributed by atoms with Crippen molar-refractivity contribution in [3.63, 3.8) is 0 Å². The Morgan fingerprint density at radius 2 is 2.18 bits per heavy atom. The Labute approximate surface area is 94.8 Å². The molecule has 1 aliphatic heterocycles. The highest BCUT2D eigenvalue weighted by atomic mass is 19.4. The van der Waals surface area contributed by atoms with Gasteiger partial charge in [-0.3, -0.25) is 0 Å². The van der Waals surface area contributed by atoms with Crippen LogP contribution in [0.5, 0.6) is 0 Å². The lowest BCUT2D eigenvalue weighted by Gasteiger charge is -2.13. The summed E-state index contributed by atoms with van der Waals surface area (Å²) in [6.45, 7) is 2.81. The number of alkyl halides is 3. The van der Waals surface area contributed by atoms with Crippen LogP contribution in [0.3, 0.4) is 0 Å². The van der Waals surface area contributed by atoms with Gasteiger partial charge in [-0.1, -0.05) is 6.58 Å². The number of cyclic esters (lactones) is 1. The van der Waals surface area contributed by atoms with Gasteiger partial charge in [0.2, 0.25) is 0 Å². The van der Waals surface area contributed by atoms with Crippen LogP contribution in [0.25, 0.3) is 0 Å². The molecule has 0 spiro atoms. The zero-order chi connectivity index (χ0) is 13.1.